The number of ether oxygens (including phenoxy) is 1. The highest BCUT2D eigenvalue weighted by Gasteiger charge is 2.28. The van der Waals surface area contributed by atoms with Crippen molar-refractivity contribution in [3.8, 4) is 0 Å². The van der Waals surface area contributed by atoms with Gasteiger partial charge in [-0.15, -0.1) is 0 Å². The highest BCUT2D eigenvalue weighted by molar-refractivity contribution is 5.49. The van der Waals surface area contributed by atoms with Gasteiger partial charge in [-0.2, -0.15) is 0 Å². The standard InChI is InChI=1S/C14H22N2O/c1-11-12(4-3-5-14(11)15)10-16(8-9-17-2)13-6-7-13/h3-5,13H,6-10,15H2,1-2H3. The van der Waals surface area contributed by atoms with Crippen LogP contribution in [0.3, 0.4) is 0 Å². The van der Waals surface area contributed by atoms with Crippen LogP contribution < -0.4 is 5.73 Å². The van der Waals surface area contributed by atoms with Crippen molar-refractivity contribution < 1.29 is 4.74 Å². The van der Waals surface area contributed by atoms with E-state index in [1.165, 1.54) is 24.0 Å². The molecule has 3 nitrogen and oxygen atoms in total. The first-order valence-electron chi connectivity index (χ1n) is 6.29. The van der Waals surface area contributed by atoms with Crippen LogP contribution in [0.25, 0.3) is 0 Å². The molecule has 1 aliphatic rings. The Morgan fingerprint density at radius 1 is 1.41 bits per heavy atom. The lowest BCUT2D eigenvalue weighted by atomic mass is 10.1. The summed E-state index contributed by atoms with van der Waals surface area (Å²) in [4.78, 5) is 2.51. The van der Waals surface area contributed by atoms with E-state index in [-0.39, 0.29) is 0 Å². The Morgan fingerprint density at radius 2 is 2.18 bits per heavy atom. The fourth-order valence-corrected chi connectivity index (χ4v) is 2.13. The van der Waals surface area contributed by atoms with Gasteiger partial charge in [0.05, 0.1) is 6.61 Å². The van der Waals surface area contributed by atoms with Crippen molar-refractivity contribution in [2.24, 2.45) is 0 Å². The van der Waals surface area contributed by atoms with Crippen LogP contribution >= 0.6 is 0 Å². The lowest BCUT2D eigenvalue weighted by Crippen LogP contribution is -2.29. The molecule has 94 valence electrons. The van der Waals surface area contributed by atoms with Gasteiger partial charge >= 0.3 is 0 Å². The molecular weight excluding hydrogens is 212 g/mol. The normalized spacial score (nSPS) is 15.5. The Morgan fingerprint density at radius 3 is 2.82 bits per heavy atom. The zero-order valence-electron chi connectivity index (χ0n) is 10.8. The van der Waals surface area contributed by atoms with E-state index >= 15 is 0 Å². The van der Waals surface area contributed by atoms with E-state index in [2.05, 4.69) is 17.9 Å². The fraction of sp³-hybridized carbons (Fsp3) is 0.571. The minimum absolute atomic E-state index is 0.756. The minimum atomic E-state index is 0.756. The molecule has 0 radical (unpaired) electrons. The molecule has 0 atom stereocenters. The summed E-state index contributed by atoms with van der Waals surface area (Å²) in [7, 11) is 1.76. The lowest BCUT2D eigenvalue weighted by Gasteiger charge is -2.23. The first kappa shape index (κ1) is 12.4. The van der Waals surface area contributed by atoms with Gasteiger partial charge in [-0.1, -0.05) is 12.1 Å². The van der Waals surface area contributed by atoms with Gasteiger partial charge in [-0.25, -0.2) is 0 Å². The summed E-state index contributed by atoms with van der Waals surface area (Å²) in [5.41, 5.74) is 9.40. The summed E-state index contributed by atoms with van der Waals surface area (Å²) in [5, 5.41) is 0. The topological polar surface area (TPSA) is 38.5 Å². The van der Waals surface area contributed by atoms with Crippen LogP contribution in [0.1, 0.15) is 24.0 Å². The third-order valence-corrected chi connectivity index (χ3v) is 3.51. The smallest absolute Gasteiger partial charge is 0.0589 e. The molecule has 2 N–H and O–H groups in total. The van der Waals surface area contributed by atoms with Gasteiger partial charge in [0.2, 0.25) is 0 Å². The maximum atomic E-state index is 5.95. The average molecular weight is 234 g/mol. The van der Waals surface area contributed by atoms with E-state index in [1.54, 1.807) is 7.11 Å². The maximum Gasteiger partial charge on any atom is 0.0589 e. The van der Waals surface area contributed by atoms with E-state index in [0.29, 0.717) is 0 Å². The van der Waals surface area contributed by atoms with Gasteiger partial charge < -0.3 is 10.5 Å². The second-order valence-electron chi connectivity index (χ2n) is 4.83. The molecule has 2 rings (SSSR count). The lowest BCUT2D eigenvalue weighted by molar-refractivity contribution is 0.139. The molecular formula is C14H22N2O. The summed E-state index contributed by atoms with van der Waals surface area (Å²) >= 11 is 0. The number of methoxy groups -OCH3 is 1. The summed E-state index contributed by atoms with van der Waals surface area (Å²) in [6.45, 7) is 4.91. The second-order valence-corrected chi connectivity index (χ2v) is 4.83. The third kappa shape index (κ3) is 3.20. The van der Waals surface area contributed by atoms with Gasteiger partial charge in [0, 0.05) is 31.9 Å². The van der Waals surface area contributed by atoms with Crippen molar-refractivity contribution >= 4 is 5.69 Å². The van der Waals surface area contributed by atoms with Crippen LogP contribution in [-0.2, 0) is 11.3 Å². The predicted molar refractivity (Wildman–Crippen MR) is 70.9 cm³/mol. The quantitative estimate of drug-likeness (QED) is 0.767. The number of anilines is 1. The van der Waals surface area contributed by atoms with E-state index in [0.717, 1.165) is 31.4 Å². The maximum absolute atomic E-state index is 5.95. The molecule has 0 aromatic heterocycles. The fourth-order valence-electron chi connectivity index (χ4n) is 2.13. The first-order valence-corrected chi connectivity index (χ1v) is 6.29. The Hall–Kier alpha value is -1.06. The average Bonchev–Trinajstić information content (AvgIpc) is 3.14. The van der Waals surface area contributed by atoms with Crippen LogP contribution in [0, 0.1) is 6.92 Å². The van der Waals surface area contributed by atoms with Crippen LogP contribution in [-0.4, -0.2) is 31.2 Å². The van der Waals surface area contributed by atoms with Crippen molar-refractivity contribution in [2.45, 2.75) is 32.4 Å². The summed E-state index contributed by atoms with van der Waals surface area (Å²) in [6.07, 6.45) is 2.65. The summed E-state index contributed by atoms with van der Waals surface area (Å²) in [6, 6.07) is 6.94. The molecule has 0 heterocycles. The van der Waals surface area contributed by atoms with Crippen molar-refractivity contribution in [2.75, 3.05) is 26.0 Å². The molecule has 1 aromatic rings. The van der Waals surface area contributed by atoms with Crippen molar-refractivity contribution in [3.63, 3.8) is 0 Å². The van der Waals surface area contributed by atoms with Crippen molar-refractivity contribution in [1.82, 2.24) is 4.90 Å². The highest BCUT2D eigenvalue weighted by Crippen LogP contribution is 2.29. The highest BCUT2D eigenvalue weighted by atomic mass is 16.5. The molecule has 1 fully saturated rings. The Labute approximate surface area is 104 Å². The SMILES string of the molecule is COCCN(Cc1cccc(N)c1C)C1CC1. The zero-order chi connectivity index (χ0) is 12.3. The first-order chi connectivity index (χ1) is 8.22. The van der Waals surface area contributed by atoms with E-state index in [4.69, 9.17) is 10.5 Å². The summed E-state index contributed by atoms with van der Waals surface area (Å²) in [5.74, 6) is 0. The van der Waals surface area contributed by atoms with Gasteiger partial charge in [0.1, 0.15) is 0 Å². The molecule has 0 bridgehead atoms. The molecule has 0 spiro atoms. The molecule has 1 saturated carbocycles. The van der Waals surface area contributed by atoms with Gasteiger partial charge in [0.25, 0.3) is 0 Å². The second kappa shape index (κ2) is 5.52. The summed E-state index contributed by atoms with van der Waals surface area (Å²) < 4.78 is 5.18. The van der Waals surface area contributed by atoms with Gasteiger partial charge in [-0.05, 0) is 37.0 Å². The predicted octanol–water partition coefficient (Wildman–Crippen LogP) is 2.19. The molecule has 0 aliphatic heterocycles. The Bertz CT molecular complexity index is 374. The number of nitrogen functional groups attached to an aromatic ring is 1. The van der Waals surface area contributed by atoms with Crippen LogP contribution in [0.4, 0.5) is 5.69 Å². The number of nitrogens with zero attached hydrogens (tertiary/aromatic N) is 1. The molecule has 0 amide bonds. The van der Waals surface area contributed by atoms with Crippen molar-refractivity contribution in [3.05, 3.63) is 29.3 Å². The Balaban J connectivity index is 2.03. The largest absolute Gasteiger partial charge is 0.399 e. The van der Waals surface area contributed by atoms with E-state index in [1.807, 2.05) is 12.1 Å². The molecule has 0 saturated heterocycles. The molecule has 3 heteroatoms. The number of hydrogen-bond acceptors (Lipinski definition) is 3. The van der Waals surface area contributed by atoms with Gasteiger partial charge in [-0.3, -0.25) is 4.90 Å². The number of rotatable bonds is 6. The Kier molecular flexibility index (Phi) is 4.02. The molecule has 17 heavy (non-hydrogen) atoms. The number of nitrogens with two attached hydrogens (primary N) is 1. The van der Waals surface area contributed by atoms with E-state index in [9.17, 15) is 0 Å². The van der Waals surface area contributed by atoms with Crippen LogP contribution in [0.5, 0.6) is 0 Å². The van der Waals surface area contributed by atoms with E-state index < -0.39 is 0 Å². The zero-order valence-corrected chi connectivity index (χ0v) is 10.8. The molecule has 0 unspecified atom stereocenters. The molecule has 1 aliphatic carbocycles. The number of hydrogen-bond donors (Lipinski definition) is 1. The third-order valence-electron chi connectivity index (χ3n) is 3.51. The van der Waals surface area contributed by atoms with Crippen molar-refractivity contribution in [1.29, 1.82) is 0 Å². The van der Waals surface area contributed by atoms with Gasteiger partial charge in [0.15, 0.2) is 0 Å². The van der Waals surface area contributed by atoms with Crippen LogP contribution in [0.15, 0.2) is 18.2 Å². The molecule has 1 aromatic carbocycles. The number of benzene rings is 1. The minimum Gasteiger partial charge on any atom is -0.399 e. The van der Waals surface area contributed by atoms with Crippen LogP contribution in [0.2, 0.25) is 0 Å². The monoisotopic (exact) mass is 234 g/mol.